The van der Waals surface area contributed by atoms with Crippen molar-refractivity contribution in [2.45, 2.75) is 25.3 Å². The van der Waals surface area contributed by atoms with Crippen molar-refractivity contribution in [3.63, 3.8) is 0 Å². The Morgan fingerprint density at radius 1 is 1.33 bits per heavy atom. The Hall–Kier alpha value is -0.950. The van der Waals surface area contributed by atoms with E-state index in [1.165, 1.54) is 12.3 Å². The van der Waals surface area contributed by atoms with Crippen LogP contribution >= 0.6 is 27.5 Å². The molecule has 0 bridgehead atoms. The third-order valence-corrected chi connectivity index (χ3v) is 5.75. The molecule has 1 heterocycles. The quantitative estimate of drug-likeness (QED) is 0.813. The molecule has 0 spiro atoms. The van der Waals surface area contributed by atoms with E-state index in [1.54, 1.807) is 0 Å². The van der Waals surface area contributed by atoms with E-state index in [0.717, 1.165) is 16.7 Å². The summed E-state index contributed by atoms with van der Waals surface area (Å²) in [6.45, 7) is 4.20. The number of sulfonamides is 1. The fourth-order valence-electron chi connectivity index (χ4n) is 1.81. The van der Waals surface area contributed by atoms with Gasteiger partial charge in [0.2, 0.25) is 10.0 Å². The predicted octanol–water partition coefficient (Wildman–Crippen LogP) is 3.59. The predicted molar refractivity (Wildman–Crippen MR) is 86.9 cm³/mol. The number of pyridine rings is 1. The lowest BCUT2D eigenvalue weighted by molar-refractivity contribution is 0.580. The molecule has 0 amide bonds. The van der Waals surface area contributed by atoms with Crippen molar-refractivity contribution in [3.05, 3.63) is 56.8 Å². The lowest BCUT2D eigenvalue weighted by atomic mass is 10.0. The molecule has 0 radical (unpaired) electrons. The second kappa shape index (κ2) is 6.44. The maximum absolute atomic E-state index is 12.3. The van der Waals surface area contributed by atoms with Crippen LogP contribution in [0.2, 0.25) is 5.15 Å². The molecule has 0 aliphatic carbocycles. The van der Waals surface area contributed by atoms with E-state index in [9.17, 15) is 8.42 Å². The van der Waals surface area contributed by atoms with Crippen molar-refractivity contribution >= 4 is 37.6 Å². The number of aryl methyl sites for hydroxylation is 1. The summed E-state index contributed by atoms with van der Waals surface area (Å²) in [5, 5.41) is 0.225. The van der Waals surface area contributed by atoms with Crippen molar-refractivity contribution in [2.75, 3.05) is 0 Å². The smallest absolute Gasteiger partial charge is 0.242 e. The van der Waals surface area contributed by atoms with Crippen LogP contribution in [0.3, 0.4) is 0 Å². The molecule has 2 rings (SSSR count). The first kappa shape index (κ1) is 16.4. The lowest BCUT2D eigenvalue weighted by Gasteiger charge is -2.11. The first-order valence-corrected chi connectivity index (χ1v) is 8.82. The molecular formula is C14H14BrClN2O2S. The summed E-state index contributed by atoms with van der Waals surface area (Å²) in [5.41, 5.74) is 3.15. The normalized spacial score (nSPS) is 11.6. The number of nitrogens with one attached hydrogen (secondary N) is 1. The van der Waals surface area contributed by atoms with Crippen LogP contribution < -0.4 is 4.72 Å². The second-order valence-corrected chi connectivity index (χ2v) is 7.61. The van der Waals surface area contributed by atoms with Crippen LogP contribution in [-0.2, 0) is 16.6 Å². The highest BCUT2D eigenvalue weighted by molar-refractivity contribution is 9.10. The molecule has 0 fully saturated rings. The maximum Gasteiger partial charge on any atom is 0.242 e. The summed E-state index contributed by atoms with van der Waals surface area (Å²) < 4.78 is 27.5. The number of hydrogen-bond acceptors (Lipinski definition) is 3. The third-order valence-electron chi connectivity index (χ3n) is 3.25. The van der Waals surface area contributed by atoms with Crippen LogP contribution in [0, 0.1) is 13.8 Å². The Morgan fingerprint density at radius 3 is 2.71 bits per heavy atom. The van der Waals surface area contributed by atoms with E-state index >= 15 is 0 Å². The van der Waals surface area contributed by atoms with Gasteiger partial charge in [-0.15, -0.1) is 0 Å². The molecule has 7 heteroatoms. The van der Waals surface area contributed by atoms with Gasteiger partial charge in [0.25, 0.3) is 0 Å². The minimum Gasteiger partial charge on any atom is -0.242 e. The van der Waals surface area contributed by atoms with Crippen LogP contribution in [0.5, 0.6) is 0 Å². The van der Waals surface area contributed by atoms with Gasteiger partial charge in [0.15, 0.2) is 0 Å². The van der Waals surface area contributed by atoms with Crippen LogP contribution in [-0.4, -0.2) is 13.4 Å². The fourth-order valence-corrected chi connectivity index (χ4v) is 3.39. The Labute approximate surface area is 137 Å². The Bertz CT molecular complexity index is 779. The molecule has 0 unspecified atom stereocenters. The van der Waals surface area contributed by atoms with Gasteiger partial charge in [-0.2, -0.15) is 0 Å². The molecule has 0 saturated heterocycles. The Balaban J connectivity index is 2.22. The molecule has 1 aromatic heterocycles. The zero-order valence-corrected chi connectivity index (χ0v) is 14.7. The van der Waals surface area contributed by atoms with Gasteiger partial charge in [-0.1, -0.05) is 29.8 Å². The molecule has 0 aliphatic rings. The van der Waals surface area contributed by atoms with Crippen LogP contribution in [0.1, 0.15) is 16.7 Å². The zero-order valence-electron chi connectivity index (χ0n) is 11.5. The van der Waals surface area contributed by atoms with E-state index in [0.29, 0.717) is 4.47 Å². The summed E-state index contributed by atoms with van der Waals surface area (Å²) in [7, 11) is -3.63. The number of rotatable bonds is 4. The fraction of sp³-hybridized carbons (Fsp3) is 0.214. The Morgan fingerprint density at radius 2 is 2.05 bits per heavy atom. The van der Waals surface area contributed by atoms with Crippen LogP contribution in [0.4, 0.5) is 0 Å². The van der Waals surface area contributed by atoms with Crippen molar-refractivity contribution in [2.24, 2.45) is 0 Å². The highest BCUT2D eigenvalue weighted by atomic mass is 79.9. The molecule has 1 N–H and O–H groups in total. The van der Waals surface area contributed by atoms with Gasteiger partial charge < -0.3 is 0 Å². The largest absolute Gasteiger partial charge is 0.242 e. The second-order valence-electron chi connectivity index (χ2n) is 4.63. The Kier molecular flexibility index (Phi) is 5.03. The number of aromatic nitrogens is 1. The number of benzene rings is 1. The van der Waals surface area contributed by atoms with E-state index in [2.05, 4.69) is 25.6 Å². The first-order chi connectivity index (χ1) is 9.81. The number of hydrogen-bond donors (Lipinski definition) is 1. The van der Waals surface area contributed by atoms with Crippen molar-refractivity contribution in [1.29, 1.82) is 0 Å². The first-order valence-electron chi connectivity index (χ1n) is 6.17. The standard InChI is InChI=1S/C14H14BrClN2O2S/c1-9-4-3-5-11(10(9)2)7-18-21(19,20)12-6-13(15)14(16)17-8-12/h3-6,8,18H,7H2,1-2H3. The van der Waals surface area contributed by atoms with Gasteiger partial charge in [-0.05, 0) is 52.5 Å². The summed E-state index contributed by atoms with van der Waals surface area (Å²) >= 11 is 8.94. The molecule has 21 heavy (non-hydrogen) atoms. The molecule has 0 aliphatic heterocycles. The van der Waals surface area contributed by atoms with Gasteiger partial charge in [0.1, 0.15) is 10.0 Å². The lowest BCUT2D eigenvalue weighted by Crippen LogP contribution is -2.24. The molecule has 4 nitrogen and oxygen atoms in total. The summed E-state index contributed by atoms with van der Waals surface area (Å²) in [4.78, 5) is 3.90. The minimum absolute atomic E-state index is 0.0732. The molecule has 112 valence electrons. The molecule has 2 aromatic rings. The highest BCUT2D eigenvalue weighted by Gasteiger charge is 2.16. The molecule has 1 aromatic carbocycles. The van der Waals surface area contributed by atoms with Crippen molar-refractivity contribution < 1.29 is 8.42 Å². The van der Waals surface area contributed by atoms with Crippen molar-refractivity contribution in [3.8, 4) is 0 Å². The number of halogens is 2. The highest BCUT2D eigenvalue weighted by Crippen LogP contribution is 2.23. The van der Waals surface area contributed by atoms with Crippen LogP contribution in [0.25, 0.3) is 0 Å². The van der Waals surface area contributed by atoms with Crippen molar-refractivity contribution in [1.82, 2.24) is 9.71 Å². The van der Waals surface area contributed by atoms with Crippen LogP contribution in [0.15, 0.2) is 39.8 Å². The number of nitrogens with zero attached hydrogens (tertiary/aromatic N) is 1. The summed E-state index contributed by atoms with van der Waals surface area (Å²) in [5.74, 6) is 0. The van der Waals surface area contributed by atoms with Gasteiger partial charge in [0, 0.05) is 12.7 Å². The average molecular weight is 390 g/mol. The maximum atomic E-state index is 12.3. The van der Waals surface area contributed by atoms with E-state index < -0.39 is 10.0 Å². The molecular weight excluding hydrogens is 376 g/mol. The van der Waals surface area contributed by atoms with Gasteiger partial charge >= 0.3 is 0 Å². The van der Waals surface area contributed by atoms with E-state index in [1.807, 2.05) is 32.0 Å². The van der Waals surface area contributed by atoms with E-state index in [4.69, 9.17) is 11.6 Å². The summed E-state index contributed by atoms with van der Waals surface area (Å²) in [6, 6.07) is 7.24. The average Bonchev–Trinajstić information content (AvgIpc) is 2.43. The van der Waals surface area contributed by atoms with Gasteiger partial charge in [0.05, 0.1) is 4.47 Å². The molecule has 0 atom stereocenters. The van der Waals surface area contributed by atoms with Gasteiger partial charge in [-0.25, -0.2) is 18.1 Å². The van der Waals surface area contributed by atoms with E-state index in [-0.39, 0.29) is 16.6 Å². The topological polar surface area (TPSA) is 59.1 Å². The molecule has 0 saturated carbocycles. The SMILES string of the molecule is Cc1cccc(CNS(=O)(=O)c2cnc(Cl)c(Br)c2)c1C. The summed E-state index contributed by atoms with van der Waals surface area (Å²) in [6.07, 6.45) is 1.23. The third kappa shape index (κ3) is 3.83. The monoisotopic (exact) mass is 388 g/mol. The zero-order chi connectivity index (χ0) is 15.6. The van der Waals surface area contributed by atoms with Gasteiger partial charge in [-0.3, -0.25) is 0 Å². The minimum atomic E-state index is -3.63.